The van der Waals surface area contributed by atoms with E-state index in [1.165, 1.54) is 17.3 Å². The van der Waals surface area contributed by atoms with Gasteiger partial charge in [-0.3, -0.25) is 9.36 Å². The molecule has 7 heteroatoms. The fourth-order valence-corrected chi connectivity index (χ4v) is 3.13. The average molecular weight is 390 g/mol. The van der Waals surface area contributed by atoms with Crippen molar-refractivity contribution in [1.29, 1.82) is 0 Å². The summed E-state index contributed by atoms with van der Waals surface area (Å²) in [6.07, 6.45) is 1.76. The summed E-state index contributed by atoms with van der Waals surface area (Å²) in [5, 5.41) is 9.01. The second-order valence-electron chi connectivity index (χ2n) is 6.95. The number of hydrogen-bond donors (Lipinski definition) is 0. The molecule has 1 aromatic heterocycles. The van der Waals surface area contributed by atoms with Gasteiger partial charge in [0, 0.05) is 6.54 Å². The molecule has 6 nitrogen and oxygen atoms in total. The van der Waals surface area contributed by atoms with Crippen LogP contribution in [-0.4, -0.2) is 33.1 Å². The molecule has 0 saturated heterocycles. The van der Waals surface area contributed by atoms with E-state index >= 15 is 0 Å². The van der Waals surface area contributed by atoms with Gasteiger partial charge in [-0.25, -0.2) is 0 Å². The predicted molar refractivity (Wildman–Crippen MR) is 107 cm³/mol. The number of carbonyl (C=O) groups excluding carboxylic acids is 1. The lowest BCUT2D eigenvalue weighted by Crippen LogP contribution is -2.11. The predicted octanol–water partition coefficient (Wildman–Crippen LogP) is 4.00. The highest BCUT2D eigenvalue weighted by molar-refractivity contribution is 7.99. The minimum absolute atomic E-state index is 0.105. The minimum atomic E-state index is -0.271. The van der Waals surface area contributed by atoms with E-state index in [2.05, 4.69) is 49.7 Å². The summed E-state index contributed by atoms with van der Waals surface area (Å²) in [4.78, 5) is 11.6. The SMILES string of the molecule is C=CCn1c(COc2ccc(C(C)(C)C)cc2)nnc1SCC(=O)OCC. The van der Waals surface area contributed by atoms with Crippen LogP contribution in [-0.2, 0) is 28.1 Å². The van der Waals surface area contributed by atoms with Crippen molar-refractivity contribution in [2.45, 2.75) is 51.4 Å². The molecule has 0 aliphatic heterocycles. The number of nitrogens with zero attached hydrogens (tertiary/aromatic N) is 3. The van der Waals surface area contributed by atoms with E-state index in [0.717, 1.165) is 5.75 Å². The summed E-state index contributed by atoms with van der Waals surface area (Å²) < 4.78 is 12.7. The summed E-state index contributed by atoms with van der Waals surface area (Å²) in [6.45, 7) is 13.3. The Balaban J connectivity index is 2.03. The van der Waals surface area contributed by atoms with Gasteiger partial charge in [0.15, 0.2) is 11.0 Å². The number of allylic oxidation sites excluding steroid dienone is 1. The van der Waals surface area contributed by atoms with Crippen molar-refractivity contribution < 1.29 is 14.3 Å². The monoisotopic (exact) mass is 389 g/mol. The number of rotatable bonds is 9. The Morgan fingerprint density at radius 1 is 1.26 bits per heavy atom. The van der Waals surface area contributed by atoms with Gasteiger partial charge >= 0.3 is 5.97 Å². The lowest BCUT2D eigenvalue weighted by atomic mass is 9.87. The zero-order valence-corrected chi connectivity index (χ0v) is 17.2. The molecule has 2 aromatic rings. The topological polar surface area (TPSA) is 66.2 Å². The smallest absolute Gasteiger partial charge is 0.316 e. The van der Waals surface area contributed by atoms with Crippen LogP contribution in [0.25, 0.3) is 0 Å². The quantitative estimate of drug-likeness (QED) is 0.367. The van der Waals surface area contributed by atoms with Gasteiger partial charge < -0.3 is 9.47 Å². The molecule has 0 aliphatic carbocycles. The molecule has 0 aliphatic rings. The molecule has 146 valence electrons. The van der Waals surface area contributed by atoms with Gasteiger partial charge in [-0.15, -0.1) is 16.8 Å². The van der Waals surface area contributed by atoms with E-state index in [-0.39, 0.29) is 23.7 Å². The van der Waals surface area contributed by atoms with Crippen molar-refractivity contribution in [2.24, 2.45) is 0 Å². The summed E-state index contributed by atoms with van der Waals surface area (Å²) in [6, 6.07) is 8.07. The minimum Gasteiger partial charge on any atom is -0.486 e. The Bertz CT molecular complexity index is 764. The van der Waals surface area contributed by atoms with Crippen LogP contribution in [0.1, 0.15) is 39.1 Å². The number of thioether (sulfide) groups is 1. The Morgan fingerprint density at radius 2 is 1.96 bits per heavy atom. The maximum atomic E-state index is 11.6. The third kappa shape index (κ3) is 6.13. The number of hydrogen-bond acceptors (Lipinski definition) is 6. The van der Waals surface area contributed by atoms with Gasteiger partial charge in [0.1, 0.15) is 12.4 Å². The van der Waals surface area contributed by atoms with Gasteiger partial charge in [0.2, 0.25) is 0 Å². The van der Waals surface area contributed by atoms with Crippen LogP contribution < -0.4 is 4.74 Å². The van der Waals surface area contributed by atoms with Crippen molar-refractivity contribution in [3.05, 3.63) is 48.3 Å². The molecule has 0 bridgehead atoms. The first kappa shape index (κ1) is 21.0. The molecular weight excluding hydrogens is 362 g/mol. The lowest BCUT2D eigenvalue weighted by molar-refractivity contribution is -0.139. The number of benzene rings is 1. The van der Waals surface area contributed by atoms with Crippen LogP contribution >= 0.6 is 11.8 Å². The highest BCUT2D eigenvalue weighted by atomic mass is 32.2. The third-order valence-corrected chi connectivity index (χ3v) is 4.76. The highest BCUT2D eigenvalue weighted by Gasteiger charge is 2.15. The molecule has 2 rings (SSSR count). The summed E-state index contributed by atoms with van der Waals surface area (Å²) in [5.41, 5.74) is 1.36. The Labute approximate surface area is 165 Å². The van der Waals surface area contributed by atoms with Crippen molar-refractivity contribution in [2.75, 3.05) is 12.4 Å². The van der Waals surface area contributed by atoms with Crippen LogP contribution in [0.3, 0.4) is 0 Å². The van der Waals surface area contributed by atoms with E-state index < -0.39 is 0 Å². The number of carbonyl (C=O) groups is 1. The van der Waals surface area contributed by atoms with Gasteiger partial charge in [0.25, 0.3) is 0 Å². The van der Waals surface area contributed by atoms with Crippen molar-refractivity contribution in [1.82, 2.24) is 14.8 Å². The molecule has 1 aromatic carbocycles. The highest BCUT2D eigenvalue weighted by Crippen LogP contribution is 2.25. The largest absolute Gasteiger partial charge is 0.486 e. The normalized spacial score (nSPS) is 11.3. The van der Waals surface area contributed by atoms with Crippen LogP contribution in [0.15, 0.2) is 42.1 Å². The summed E-state index contributed by atoms with van der Waals surface area (Å²) in [7, 11) is 0. The first-order chi connectivity index (χ1) is 12.8. The van der Waals surface area contributed by atoms with Crippen LogP contribution in [0.5, 0.6) is 5.75 Å². The lowest BCUT2D eigenvalue weighted by Gasteiger charge is -2.19. The molecule has 0 saturated carbocycles. The average Bonchev–Trinajstić information content (AvgIpc) is 3.00. The van der Waals surface area contributed by atoms with Gasteiger partial charge in [0.05, 0.1) is 12.4 Å². The molecule has 0 radical (unpaired) electrons. The maximum absolute atomic E-state index is 11.6. The molecule has 1 heterocycles. The molecule has 0 amide bonds. The van der Waals surface area contributed by atoms with Gasteiger partial charge in [-0.1, -0.05) is 50.7 Å². The van der Waals surface area contributed by atoms with E-state index in [1.54, 1.807) is 13.0 Å². The van der Waals surface area contributed by atoms with Gasteiger partial charge in [-0.2, -0.15) is 0 Å². The van der Waals surface area contributed by atoms with Crippen molar-refractivity contribution in [3.8, 4) is 5.75 Å². The standard InChI is InChI=1S/C20H27N3O3S/c1-6-12-23-17(21-22-19(23)27-14-18(24)25-7-2)13-26-16-10-8-15(9-11-16)20(3,4)5/h6,8-11H,1,7,12-14H2,2-5H3. The summed E-state index contributed by atoms with van der Waals surface area (Å²) in [5.74, 6) is 1.38. The molecule has 0 unspecified atom stereocenters. The van der Waals surface area contributed by atoms with E-state index in [0.29, 0.717) is 24.1 Å². The number of ether oxygens (including phenoxy) is 2. The molecule has 0 fully saturated rings. The second kappa shape index (κ2) is 9.60. The Morgan fingerprint density at radius 3 is 2.56 bits per heavy atom. The third-order valence-electron chi connectivity index (χ3n) is 3.82. The Hall–Kier alpha value is -2.28. The van der Waals surface area contributed by atoms with Crippen molar-refractivity contribution in [3.63, 3.8) is 0 Å². The fraction of sp³-hybridized carbons (Fsp3) is 0.450. The van der Waals surface area contributed by atoms with E-state index in [1.807, 2.05) is 16.7 Å². The van der Waals surface area contributed by atoms with E-state index in [4.69, 9.17) is 9.47 Å². The zero-order valence-electron chi connectivity index (χ0n) is 16.4. The van der Waals surface area contributed by atoms with E-state index in [9.17, 15) is 4.79 Å². The maximum Gasteiger partial charge on any atom is 0.316 e. The first-order valence-corrected chi connectivity index (χ1v) is 9.88. The molecule has 0 spiro atoms. The molecular formula is C20H27N3O3S. The molecule has 27 heavy (non-hydrogen) atoms. The number of aromatic nitrogens is 3. The Kier molecular flexibility index (Phi) is 7.47. The van der Waals surface area contributed by atoms with Gasteiger partial charge in [-0.05, 0) is 30.0 Å². The van der Waals surface area contributed by atoms with Crippen LogP contribution in [0.2, 0.25) is 0 Å². The summed E-state index contributed by atoms with van der Waals surface area (Å²) >= 11 is 1.29. The fourth-order valence-electron chi connectivity index (χ4n) is 2.37. The number of esters is 1. The van der Waals surface area contributed by atoms with Crippen LogP contribution in [0, 0.1) is 0 Å². The van der Waals surface area contributed by atoms with Crippen molar-refractivity contribution >= 4 is 17.7 Å². The molecule has 0 atom stereocenters. The first-order valence-electron chi connectivity index (χ1n) is 8.90. The second-order valence-corrected chi connectivity index (χ2v) is 7.90. The molecule has 0 N–H and O–H groups in total. The zero-order chi connectivity index (χ0) is 19.9. The van der Waals surface area contributed by atoms with Crippen LogP contribution in [0.4, 0.5) is 0 Å².